The minimum Gasteiger partial charge on any atom is -0.482 e. The molecule has 0 saturated heterocycles. The van der Waals surface area contributed by atoms with Gasteiger partial charge < -0.3 is 9.64 Å². The molecule has 1 atom stereocenters. The molecule has 1 heterocycles. The fraction of sp³-hybridized carbons (Fsp3) is 0.0968. The number of allylic oxidation sites excluding steroid dienone is 1. The Labute approximate surface area is 195 Å². The highest BCUT2D eigenvalue weighted by atomic mass is 16.5. The molecule has 0 fully saturated rings. The van der Waals surface area contributed by atoms with Crippen LogP contribution in [-0.4, -0.2) is 5.60 Å². The molecular weight excluding hydrogens is 402 g/mol. The van der Waals surface area contributed by atoms with Gasteiger partial charge in [0.05, 0.1) is 0 Å². The summed E-state index contributed by atoms with van der Waals surface area (Å²) in [6.07, 6.45) is 5.43. The number of hydrogen-bond donors (Lipinski definition) is 0. The number of ether oxygens (including phenoxy) is 1. The zero-order chi connectivity index (χ0) is 22.3. The zero-order valence-electron chi connectivity index (χ0n) is 18.6. The van der Waals surface area contributed by atoms with E-state index in [0.717, 1.165) is 23.5 Å². The lowest BCUT2D eigenvalue weighted by Gasteiger charge is -2.33. The van der Waals surface area contributed by atoms with E-state index in [1.54, 1.807) is 0 Å². The second-order valence-corrected chi connectivity index (χ2v) is 8.81. The van der Waals surface area contributed by atoms with E-state index in [4.69, 9.17) is 4.74 Å². The van der Waals surface area contributed by atoms with Crippen LogP contribution >= 0.6 is 0 Å². The van der Waals surface area contributed by atoms with E-state index in [2.05, 4.69) is 127 Å². The molecule has 0 aromatic heterocycles. The first-order valence-electron chi connectivity index (χ1n) is 11.4. The maximum absolute atomic E-state index is 6.38. The molecule has 2 heteroatoms. The van der Waals surface area contributed by atoms with Gasteiger partial charge in [-0.15, -0.1) is 0 Å². The summed E-state index contributed by atoms with van der Waals surface area (Å²) < 4.78 is 6.38. The zero-order valence-corrected chi connectivity index (χ0v) is 18.6. The molecule has 0 spiro atoms. The van der Waals surface area contributed by atoms with Crippen molar-refractivity contribution in [1.82, 2.24) is 0 Å². The molecule has 6 rings (SSSR count). The monoisotopic (exact) mass is 427 g/mol. The van der Waals surface area contributed by atoms with Gasteiger partial charge in [0.2, 0.25) is 0 Å². The molecule has 2 nitrogen and oxygen atoms in total. The Morgan fingerprint density at radius 2 is 1.36 bits per heavy atom. The number of para-hydroxylation sites is 2. The molecule has 0 amide bonds. The molecule has 1 aliphatic heterocycles. The van der Waals surface area contributed by atoms with Gasteiger partial charge in [-0.1, -0.05) is 84.9 Å². The Balaban J connectivity index is 1.48. The van der Waals surface area contributed by atoms with Gasteiger partial charge in [-0.2, -0.15) is 0 Å². The van der Waals surface area contributed by atoms with Crippen molar-refractivity contribution in [3.05, 3.63) is 133 Å². The van der Waals surface area contributed by atoms with Crippen molar-refractivity contribution < 1.29 is 4.74 Å². The summed E-state index contributed by atoms with van der Waals surface area (Å²) in [4.78, 5) is 2.35. The molecule has 0 N–H and O–H groups in total. The molecule has 160 valence electrons. The van der Waals surface area contributed by atoms with Crippen molar-refractivity contribution in [3.8, 4) is 16.9 Å². The number of anilines is 2. The summed E-state index contributed by atoms with van der Waals surface area (Å²) in [5, 5.41) is 0. The van der Waals surface area contributed by atoms with E-state index in [0.29, 0.717) is 0 Å². The molecule has 0 bridgehead atoms. The lowest BCUT2D eigenvalue weighted by Crippen LogP contribution is -2.32. The fourth-order valence-corrected chi connectivity index (χ4v) is 4.88. The average molecular weight is 428 g/mol. The van der Waals surface area contributed by atoms with Crippen LogP contribution in [0.25, 0.3) is 16.7 Å². The fourth-order valence-electron chi connectivity index (χ4n) is 4.88. The van der Waals surface area contributed by atoms with E-state index in [1.807, 2.05) is 6.07 Å². The van der Waals surface area contributed by atoms with Crippen LogP contribution in [0, 0.1) is 0 Å². The maximum atomic E-state index is 6.38. The topological polar surface area (TPSA) is 12.5 Å². The Bertz CT molecular complexity index is 1370. The van der Waals surface area contributed by atoms with Crippen molar-refractivity contribution in [1.29, 1.82) is 0 Å². The second kappa shape index (κ2) is 7.83. The van der Waals surface area contributed by atoms with Gasteiger partial charge in [0.15, 0.2) is 0 Å². The number of nitrogens with zero attached hydrogens (tertiary/aromatic N) is 1. The quantitative estimate of drug-likeness (QED) is 0.327. The van der Waals surface area contributed by atoms with Crippen LogP contribution in [0.4, 0.5) is 11.4 Å². The van der Waals surface area contributed by atoms with Crippen molar-refractivity contribution in [2.24, 2.45) is 0 Å². The highest BCUT2D eigenvalue weighted by Gasteiger charge is 2.41. The third-order valence-corrected chi connectivity index (χ3v) is 6.56. The Hall–Kier alpha value is -4.04. The number of hydrogen-bond acceptors (Lipinski definition) is 2. The predicted molar refractivity (Wildman–Crippen MR) is 137 cm³/mol. The van der Waals surface area contributed by atoms with Gasteiger partial charge in [0.25, 0.3) is 0 Å². The van der Waals surface area contributed by atoms with E-state index in [1.165, 1.54) is 28.0 Å². The molecule has 0 saturated carbocycles. The number of rotatable bonds is 4. The first kappa shape index (κ1) is 19.6. The average Bonchev–Trinajstić information content (AvgIpc) is 3.17. The molecule has 4 aromatic rings. The maximum Gasteiger partial charge on any atom is 0.135 e. The molecule has 1 aliphatic carbocycles. The lowest BCUT2D eigenvalue weighted by atomic mass is 9.84. The first-order chi connectivity index (χ1) is 16.2. The SMILES string of the molecule is C[C@]12CC=C(N(c3ccccc3)c3cccc(-c4ccccc4)c3)C=C1c1ccccc1O2. The summed E-state index contributed by atoms with van der Waals surface area (Å²) in [6.45, 7) is 2.19. The molecule has 4 aromatic carbocycles. The molecule has 33 heavy (non-hydrogen) atoms. The van der Waals surface area contributed by atoms with Gasteiger partial charge in [-0.05, 0) is 54.5 Å². The largest absolute Gasteiger partial charge is 0.482 e. The summed E-state index contributed by atoms with van der Waals surface area (Å²) in [5.41, 5.74) is 7.99. The molecule has 0 unspecified atom stereocenters. The lowest BCUT2D eigenvalue weighted by molar-refractivity contribution is 0.169. The van der Waals surface area contributed by atoms with Crippen molar-refractivity contribution in [2.45, 2.75) is 18.9 Å². The predicted octanol–water partition coefficient (Wildman–Crippen LogP) is 8.01. The minimum absolute atomic E-state index is 0.318. The van der Waals surface area contributed by atoms with Crippen molar-refractivity contribution in [2.75, 3.05) is 4.90 Å². The summed E-state index contributed by atoms with van der Waals surface area (Å²) in [6, 6.07) is 38.3. The third-order valence-electron chi connectivity index (χ3n) is 6.56. The van der Waals surface area contributed by atoms with Gasteiger partial charge in [-0.3, -0.25) is 0 Å². The second-order valence-electron chi connectivity index (χ2n) is 8.81. The van der Waals surface area contributed by atoms with Crippen LogP contribution < -0.4 is 9.64 Å². The van der Waals surface area contributed by atoms with E-state index in [-0.39, 0.29) is 5.60 Å². The summed E-state index contributed by atoms with van der Waals surface area (Å²) in [7, 11) is 0. The summed E-state index contributed by atoms with van der Waals surface area (Å²) >= 11 is 0. The Morgan fingerprint density at radius 1 is 0.697 bits per heavy atom. The van der Waals surface area contributed by atoms with Crippen LogP contribution in [0.3, 0.4) is 0 Å². The smallest absolute Gasteiger partial charge is 0.135 e. The Kier molecular flexibility index (Phi) is 4.66. The first-order valence-corrected chi connectivity index (χ1v) is 11.4. The minimum atomic E-state index is -0.318. The van der Waals surface area contributed by atoms with Gasteiger partial charge in [-0.25, -0.2) is 0 Å². The van der Waals surface area contributed by atoms with Crippen LogP contribution in [0.2, 0.25) is 0 Å². The van der Waals surface area contributed by atoms with Crippen molar-refractivity contribution in [3.63, 3.8) is 0 Å². The van der Waals surface area contributed by atoms with Crippen LogP contribution in [-0.2, 0) is 0 Å². The normalized spacial score (nSPS) is 18.5. The van der Waals surface area contributed by atoms with E-state index >= 15 is 0 Å². The molecule has 0 radical (unpaired) electrons. The van der Waals surface area contributed by atoms with Crippen LogP contribution in [0.5, 0.6) is 5.75 Å². The Morgan fingerprint density at radius 3 is 2.18 bits per heavy atom. The number of fused-ring (bicyclic) bond motifs is 3. The highest BCUT2D eigenvalue weighted by Crippen LogP contribution is 2.49. The number of benzene rings is 4. The van der Waals surface area contributed by atoms with Crippen molar-refractivity contribution >= 4 is 16.9 Å². The van der Waals surface area contributed by atoms with Gasteiger partial charge in [0, 0.05) is 34.6 Å². The van der Waals surface area contributed by atoms with Crippen LogP contribution in [0.15, 0.2) is 127 Å². The molecular formula is C31H25NO. The standard InChI is InChI=1S/C31H25NO/c1-31-20-19-27(22-29(31)28-17-8-9-18-30(28)33-31)32(25-14-6-3-7-15-25)26-16-10-13-24(21-26)23-11-4-2-5-12-23/h2-19,21-22H,20H2,1H3/t31-/m0/s1. The third kappa shape index (κ3) is 3.44. The van der Waals surface area contributed by atoms with Crippen LogP contribution in [0.1, 0.15) is 18.9 Å². The van der Waals surface area contributed by atoms with Gasteiger partial charge >= 0.3 is 0 Å². The van der Waals surface area contributed by atoms with E-state index < -0.39 is 0 Å². The highest BCUT2D eigenvalue weighted by molar-refractivity contribution is 5.86. The van der Waals surface area contributed by atoms with Gasteiger partial charge in [0.1, 0.15) is 11.4 Å². The van der Waals surface area contributed by atoms with E-state index in [9.17, 15) is 0 Å². The summed E-state index contributed by atoms with van der Waals surface area (Å²) in [5.74, 6) is 0.971. The molecule has 2 aliphatic rings.